The Labute approximate surface area is 112 Å². The van der Waals surface area contributed by atoms with E-state index in [2.05, 4.69) is 25.3 Å². The summed E-state index contributed by atoms with van der Waals surface area (Å²) in [6.45, 7) is 15.0. The third-order valence-corrected chi connectivity index (χ3v) is 3.53. The van der Waals surface area contributed by atoms with Crippen LogP contribution in [-0.2, 0) is 4.79 Å². The summed E-state index contributed by atoms with van der Waals surface area (Å²) in [6, 6.07) is 0. The summed E-state index contributed by atoms with van der Waals surface area (Å²) in [6.07, 6.45) is 3.93. The van der Waals surface area contributed by atoms with Crippen LogP contribution < -0.4 is 0 Å². The lowest BCUT2D eigenvalue weighted by Crippen LogP contribution is -2.49. The Balaban J connectivity index is 2.15. The molecule has 0 aromatic rings. The van der Waals surface area contributed by atoms with Crippen molar-refractivity contribution in [2.24, 2.45) is 5.92 Å². The largest absolute Gasteiger partial charge is 0.336 e. The quantitative estimate of drug-likeness (QED) is 0.536. The molecule has 1 rings (SSSR count). The van der Waals surface area contributed by atoms with Crippen molar-refractivity contribution in [1.82, 2.24) is 9.80 Å². The average molecular weight is 252 g/mol. The molecule has 3 nitrogen and oxygen atoms in total. The monoisotopic (exact) mass is 252 g/mol. The van der Waals surface area contributed by atoms with Gasteiger partial charge < -0.3 is 4.90 Å². The fourth-order valence-electron chi connectivity index (χ4n) is 2.33. The van der Waals surface area contributed by atoms with E-state index in [1.54, 1.807) is 6.92 Å². The van der Waals surface area contributed by atoms with Crippen LogP contribution in [0.5, 0.6) is 0 Å². The van der Waals surface area contributed by atoms with Gasteiger partial charge in [0.05, 0.1) is 0 Å². The maximum absolute atomic E-state index is 11.7. The molecule has 0 N–H and O–H groups in total. The topological polar surface area (TPSA) is 23.6 Å². The standard InChI is InChI=1S/C15H28N2O/c1-13(2)7-5-6-8-16-9-11-17(12-10-16)15(18)14(3)4/h13H,3,5-12H2,1-2,4H3. The Bertz CT molecular complexity index is 278. The lowest BCUT2D eigenvalue weighted by atomic mass is 10.1. The molecule has 1 aliphatic heterocycles. The molecule has 0 saturated carbocycles. The van der Waals surface area contributed by atoms with Gasteiger partial charge in [-0.3, -0.25) is 9.69 Å². The van der Waals surface area contributed by atoms with Crippen molar-refractivity contribution in [3.63, 3.8) is 0 Å². The van der Waals surface area contributed by atoms with Crippen molar-refractivity contribution in [1.29, 1.82) is 0 Å². The zero-order valence-corrected chi connectivity index (χ0v) is 12.2. The van der Waals surface area contributed by atoms with Crippen LogP contribution in [-0.4, -0.2) is 48.4 Å². The average Bonchev–Trinajstić information content (AvgIpc) is 2.34. The van der Waals surface area contributed by atoms with E-state index in [0.717, 1.165) is 32.1 Å². The Hall–Kier alpha value is -0.830. The molecule has 0 bridgehead atoms. The molecule has 1 amide bonds. The first-order valence-electron chi connectivity index (χ1n) is 7.18. The number of unbranched alkanes of at least 4 members (excludes halogenated alkanes) is 1. The highest BCUT2D eigenvalue weighted by atomic mass is 16.2. The summed E-state index contributed by atoms with van der Waals surface area (Å²) >= 11 is 0. The van der Waals surface area contributed by atoms with Gasteiger partial charge in [-0.25, -0.2) is 0 Å². The first-order valence-corrected chi connectivity index (χ1v) is 7.18. The predicted octanol–water partition coefficient (Wildman–Crippen LogP) is 2.53. The van der Waals surface area contributed by atoms with Gasteiger partial charge in [-0.05, 0) is 25.8 Å². The van der Waals surface area contributed by atoms with E-state index in [0.29, 0.717) is 5.57 Å². The molecular formula is C15H28N2O. The highest BCUT2D eigenvalue weighted by Gasteiger charge is 2.20. The number of carbonyl (C=O) groups is 1. The molecule has 104 valence electrons. The molecule has 0 atom stereocenters. The normalized spacial score (nSPS) is 17.2. The Morgan fingerprint density at radius 3 is 2.28 bits per heavy atom. The summed E-state index contributed by atoms with van der Waals surface area (Å²) < 4.78 is 0. The smallest absolute Gasteiger partial charge is 0.248 e. The van der Waals surface area contributed by atoms with E-state index in [4.69, 9.17) is 0 Å². The van der Waals surface area contributed by atoms with Crippen LogP contribution in [0.15, 0.2) is 12.2 Å². The molecule has 0 aliphatic carbocycles. The van der Waals surface area contributed by atoms with Crippen LogP contribution in [0.4, 0.5) is 0 Å². The van der Waals surface area contributed by atoms with Crippen LogP contribution in [0, 0.1) is 5.92 Å². The summed E-state index contributed by atoms with van der Waals surface area (Å²) in [5.41, 5.74) is 0.653. The Kier molecular flexibility index (Phi) is 6.41. The number of hydrogen-bond acceptors (Lipinski definition) is 2. The molecular weight excluding hydrogens is 224 g/mol. The van der Waals surface area contributed by atoms with Crippen molar-refractivity contribution in [2.45, 2.75) is 40.0 Å². The van der Waals surface area contributed by atoms with Crippen LogP contribution in [0.3, 0.4) is 0 Å². The molecule has 3 heteroatoms. The SMILES string of the molecule is C=C(C)C(=O)N1CCN(CCCCC(C)C)CC1. The summed E-state index contributed by atoms with van der Waals surface area (Å²) in [5, 5.41) is 0. The minimum Gasteiger partial charge on any atom is -0.336 e. The second kappa shape index (κ2) is 7.57. The summed E-state index contributed by atoms with van der Waals surface area (Å²) in [4.78, 5) is 16.1. The van der Waals surface area contributed by atoms with Gasteiger partial charge in [0, 0.05) is 31.8 Å². The Morgan fingerprint density at radius 2 is 1.78 bits per heavy atom. The van der Waals surface area contributed by atoms with E-state index in [1.807, 2.05) is 4.90 Å². The van der Waals surface area contributed by atoms with Crippen molar-refractivity contribution < 1.29 is 4.79 Å². The summed E-state index contributed by atoms with van der Waals surface area (Å²) in [7, 11) is 0. The fraction of sp³-hybridized carbons (Fsp3) is 0.800. The third kappa shape index (κ3) is 5.21. The van der Waals surface area contributed by atoms with Crippen molar-refractivity contribution in [3.8, 4) is 0 Å². The summed E-state index contributed by atoms with van der Waals surface area (Å²) in [5.74, 6) is 0.935. The van der Waals surface area contributed by atoms with Gasteiger partial charge in [0.15, 0.2) is 0 Å². The van der Waals surface area contributed by atoms with Gasteiger partial charge in [-0.1, -0.05) is 33.3 Å². The minimum atomic E-state index is 0.120. The van der Waals surface area contributed by atoms with E-state index >= 15 is 0 Å². The predicted molar refractivity (Wildman–Crippen MR) is 76.5 cm³/mol. The minimum absolute atomic E-state index is 0.120. The van der Waals surface area contributed by atoms with Crippen molar-refractivity contribution in [3.05, 3.63) is 12.2 Å². The number of rotatable bonds is 6. The van der Waals surface area contributed by atoms with Crippen LogP contribution in [0.2, 0.25) is 0 Å². The molecule has 0 spiro atoms. The van der Waals surface area contributed by atoms with Gasteiger partial charge in [0.1, 0.15) is 0 Å². The molecule has 1 fully saturated rings. The van der Waals surface area contributed by atoms with E-state index in [1.165, 1.54) is 25.8 Å². The van der Waals surface area contributed by atoms with E-state index in [9.17, 15) is 4.79 Å². The molecule has 0 unspecified atom stereocenters. The first kappa shape index (κ1) is 15.2. The van der Waals surface area contributed by atoms with Crippen molar-refractivity contribution >= 4 is 5.91 Å². The lowest BCUT2D eigenvalue weighted by Gasteiger charge is -2.34. The van der Waals surface area contributed by atoms with Crippen LogP contribution in [0.1, 0.15) is 40.0 Å². The number of hydrogen-bond donors (Lipinski definition) is 0. The maximum atomic E-state index is 11.7. The van der Waals surface area contributed by atoms with Gasteiger partial charge in [-0.2, -0.15) is 0 Å². The highest BCUT2D eigenvalue weighted by Crippen LogP contribution is 2.09. The van der Waals surface area contributed by atoms with Crippen LogP contribution >= 0.6 is 0 Å². The fourth-order valence-corrected chi connectivity index (χ4v) is 2.33. The van der Waals surface area contributed by atoms with Gasteiger partial charge in [0.25, 0.3) is 0 Å². The highest BCUT2D eigenvalue weighted by molar-refractivity contribution is 5.92. The zero-order valence-electron chi connectivity index (χ0n) is 12.2. The zero-order chi connectivity index (χ0) is 13.5. The number of carbonyl (C=O) groups excluding carboxylic acids is 1. The molecule has 18 heavy (non-hydrogen) atoms. The molecule has 1 heterocycles. The van der Waals surface area contributed by atoms with E-state index in [-0.39, 0.29) is 5.91 Å². The maximum Gasteiger partial charge on any atom is 0.248 e. The van der Waals surface area contributed by atoms with Gasteiger partial charge in [-0.15, -0.1) is 0 Å². The van der Waals surface area contributed by atoms with Gasteiger partial charge >= 0.3 is 0 Å². The second-order valence-electron chi connectivity index (χ2n) is 5.80. The van der Waals surface area contributed by atoms with Gasteiger partial charge in [0.2, 0.25) is 5.91 Å². The molecule has 1 saturated heterocycles. The van der Waals surface area contributed by atoms with Crippen LogP contribution in [0.25, 0.3) is 0 Å². The number of piperazine rings is 1. The third-order valence-electron chi connectivity index (χ3n) is 3.53. The lowest BCUT2D eigenvalue weighted by molar-refractivity contribution is -0.128. The number of amides is 1. The number of nitrogens with zero attached hydrogens (tertiary/aromatic N) is 2. The van der Waals surface area contributed by atoms with E-state index < -0.39 is 0 Å². The molecule has 0 aromatic heterocycles. The first-order chi connectivity index (χ1) is 8.50. The second-order valence-corrected chi connectivity index (χ2v) is 5.80. The molecule has 0 radical (unpaired) electrons. The van der Waals surface area contributed by atoms with Crippen molar-refractivity contribution in [2.75, 3.05) is 32.7 Å². The molecule has 0 aromatic carbocycles. The molecule has 1 aliphatic rings. The Morgan fingerprint density at radius 1 is 1.17 bits per heavy atom.